The maximum Gasteiger partial charge on any atom is 0.247 e. The number of ether oxygens (including phenoxy) is 1. The highest BCUT2D eigenvalue weighted by molar-refractivity contribution is 5.55. The van der Waals surface area contributed by atoms with Crippen molar-refractivity contribution in [1.82, 2.24) is 10.2 Å². The van der Waals surface area contributed by atoms with E-state index in [1.165, 1.54) is 6.39 Å². The van der Waals surface area contributed by atoms with Crippen molar-refractivity contribution in [1.29, 1.82) is 0 Å². The van der Waals surface area contributed by atoms with Gasteiger partial charge in [0.05, 0.1) is 0 Å². The Labute approximate surface area is 104 Å². The van der Waals surface area contributed by atoms with Crippen LogP contribution in [0.1, 0.15) is 0 Å². The minimum Gasteiger partial charge on any atom is -0.457 e. The molecule has 1 aromatic heterocycles. The van der Waals surface area contributed by atoms with Crippen molar-refractivity contribution in [2.24, 2.45) is 0 Å². The van der Waals surface area contributed by atoms with Gasteiger partial charge >= 0.3 is 0 Å². The molecule has 0 spiro atoms. The van der Waals surface area contributed by atoms with E-state index in [9.17, 15) is 0 Å². The SMILES string of the molecule is c1ccc(Oc2cccc(-c3nnco3)c2)cc1. The normalized spacial score (nSPS) is 10.2. The average Bonchev–Trinajstić information content (AvgIpc) is 2.94. The third-order valence-corrected chi connectivity index (χ3v) is 2.42. The standard InChI is InChI=1S/C14H10N2O2/c1-2-6-12(7-3-1)18-13-8-4-5-11(9-13)14-16-15-10-17-14/h1-10H. The molecular weight excluding hydrogens is 228 g/mol. The van der Waals surface area contributed by atoms with E-state index in [0.717, 1.165) is 17.1 Å². The zero-order valence-electron chi connectivity index (χ0n) is 9.48. The Hall–Kier alpha value is -2.62. The summed E-state index contributed by atoms with van der Waals surface area (Å²) in [5, 5.41) is 7.52. The van der Waals surface area contributed by atoms with Gasteiger partial charge in [-0.2, -0.15) is 0 Å². The zero-order chi connectivity index (χ0) is 12.2. The molecule has 1 heterocycles. The van der Waals surface area contributed by atoms with Crippen molar-refractivity contribution in [2.45, 2.75) is 0 Å². The number of hydrogen-bond acceptors (Lipinski definition) is 4. The molecule has 0 unspecified atom stereocenters. The number of rotatable bonds is 3. The van der Waals surface area contributed by atoms with E-state index in [-0.39, 0.29) is 0 Å². The molecule has 0 fully saturated rings. The summed E-state index contributed by atoms with van der Waals surface area (Å²) in [6, 6.07) is 17.1. The molecule has 0 atom stereocenters. The van der Waals surface area contributed by atoms with E-state index in [4.69, 9.17) is 9.15 Å². The minimum atomic E-state index is 0.480. The van der Waals surface area contributed by atoms with Gasteiger partial charge in [0, 0.05) is 5.56 Å². The second-order valence-electron chi connectivity index (χ2n) is 3.69. The van der Waals surface area contributed by atoms with Crippen molar-refractivity contribution >= 4 is 0 Å². The molecule has 0 aliphatic rings. The van der Waals surface area contributed by atoms with Crippen LogP contribution in [0.15, 0.2) is 65.4 Å². The van der Waals surface area contributed by atoms with Gasteiger partial charge in [0.25, 0.3) is 0 Å². The number of aromatic nitrogens is 2. The summed E-state index contributed by atoms with van der Waals surface area (Å²) in [6.07, 6.45) is 1.31. The lowest BCUT2D eigenvalue weighted by molar-refractivity contribution is 0.482. The third-order valence-electron chi connectivity index (χ3n) is 2.42. The molecule has 4 heteroatoms. The number of benzene rings is 2. The Morgan fingerprint density at radius 3 is 2.50 bits per heavy atom. The van der Waals surface area contributed by atoms with E-state index in [1.54, 1.807) is 0 Å². The molecule has 4 nitrogen and oxygen atoms in total. The van der Waals surface area contributed by atoms with E-state index in [0.29, 0.717) is 5.89 Å². The first-order valence-corrected chi connectivity index (χ1v) is 5.51. The molecule has 0 saturated heterocycles. The van der Waals surface area contributed by atoms with Gasteiger partial charge in [0.2, 0.25) is 12.3 Å². The van der Waals surface area contributed by atoms with Crippen LogP contribution in [0.3, 0.4) is 0 Å². The number of para-hydroxylation sites is 1. The minimum absolute atomic E-state index is 0.480. The van der Waals surface area contributed by atoms with Gasteiger partial charge in [-0.25, -0.2) is 0 Å². The highest BCUT2D eigenvalue weighted by Gasteiger charge is 2.05. The molecule has 0 aliphatic carbocycles. The fraction of sp³-hybridized carbons (Fsp3) is 0. The zero-order valence-corrected chi connectivity index (χ0v) is 9.48. The molecule has 0 bridgehead atoms. The van der Waals surface area contributed by atoms with Gasteiger partial charge in [-0.1, -0.05) is 24.3 Å². The molecule has 0 amide bonds. The summed E-state index contributed by atoms with van der Waals surface area (Å²) < 4.78 is 10.9. The van der Waals surface area contributed by atoms with Gasteiger partial charge < -0.3 is 9.15 Å². The van der Waals surface area contributed by atoms with Gasteiger partial charge in [0.1, 0.15) is 11.5 Å². The molecule has 3 rings (SSSR count). The fourth-order valence-corrected chi connectivity index (χ4v) is 1.62. The first-order valence-electron chi connectivity index (χ1n) is 5.51. The summed E-state index contributed by atoms with van der Waals surface area (Å²) in [5.74, 6) is 2.01. The Balaban J connectivity index is 1.88. The van der Waals surface area contributed by atoms with Crippen molar-refractivity contribution in [3.63, 3.8) is 0 Å². The lowest BCUT2D eigenvalue weighted by Crippen LogP contribution is -1.85. The third kappa shape index (κ3) is 2.22. The molecule has 88 valence electrons. The summed E-state index contributed by atoms with van der Waals surface area (Å²) in [5.41, 5.74) is 0.834. The van der Waals surface area contributed by atoms with E-state index < -0.39 is 0 Å². The maximum atomic E-state index is 5.73. The predicted molar refractivity (Wildman–Crippen MR) is 66.3 cm³/mol. The highest BCUT2D eigenvalue weighted by Crippen LogP contribution is 2.25. The maximum absolute atomic E-state index is 5.73. The molecule has 3 aromatic rings. The Bertz CT molecular complexity index is 621. The largest absolute Gasteiger partial charge is 0.457 e. The molecule has 0 saturated carbocycles. The molecule has 0 aliphatic heterocycles. The van der Waals surface area contributed by atoms with Crippen molar-refractivity contribution in [3.05, 3.63) is 61.0 Å². The summed E-state index contributed by atoms with van der Waals surface area (Å²) in [6.45, 7) is 0. The summed E-state index contributed by atoms with van der Waals surface area (Å²) in [4.78, 5) is 0. The van der Waals surface area contributed by atoms with Gasteiger partial charge in [-0.05, 0) is 30.3 Å². The van der Waals surface area contributed by atoms with Crippen LogP contribution < -0.4 is 4.74 Å². The lowest BCUT2D eigenvalue weighted by atomic mass is 10.2. The molecule has 2 aromatic carbocycles. The number of hydrogen-bond donors (Lipinski definition) is 0. The molecule has 0 N–H and O–H groups in total. The van der Waals surface area contributed by atoms with Gasteiger partial charge in [-0.15, -0.1) is 10.2 Å². The van der Waals surface area contributed by atoms with E-state index in [1.807, 2.05) is 54.6 Å². The summed E-state index contributed by atoms with van der Waals surface area (Å²) in [7, 11) is 0. The highest BCUT2D eigenvalue weighted by atomic mass is 16.5. The van der Waals surface area contributed by atoms with Gasteiger partial charge in [0.15, 0.2) is 0 Å². The molecule has 0 radical (unpaired) electrons. The van der Waals surface area contributed by atoms with E-state index >= 15 is 0 Å². The smallest absolute Gasteiger partial charge is 0.247 e. The van der Waals surface area contributed by atoms with Crippen LogP contribution in [0.2, 0.25) is 0 Å². The van der Waals surface area contributed by atoms with Crippen molar-refractivity contribution in [3.8, 4) is 23.0 Å². The van der Waals surface area contributed by atoms with Crippen LogP contribution in [-0.2, 0) is 0 Å². The second kappa shape index (κ2) is 4.71. The Kier molecular flexibility index (Phi) is 2.75. The van der Waals surface area contributed by atoms with Crippen LogP contribution in [-0.4, -0.2) is 10.2 Å². The average molecular weight is 238 g/mol. The predicted octanol–water partition coefficient (Wildman–Crippen LogP) is 3.53. The van der Waals surface area contributed by atoms with E-state index in [2.05, 4.69) is 10.2 Å². The van der Waals surface area contributed by atoms with Crippen LogP contribution in [0, 0.1) is 0 Å². The lowest BCUT2D eigenvalue weighted by Gasteiger charge is -2.05. The van der Waals surface area contributed by atoms with Gasteiger partial charge in [-0.3, -0.25) is 0 Å². The van der Waals surface area contributed by atoms with Crippen LogP contribution in [0.25, 0.3) is 11.5 Å². The molecule has 18 heavy (non-hydrogen) atoms. The van der Waals surface area contributed by atoms with Crippen molar-refractivity contribution < 1.29 is 9.15 Å². The Morgan fingerprint density at radius 1 is 0.889 bits per heavy atom. The monoisotopic (exact) mass is 238 g/mol. The number of nitrogens with zero attached hydrogens (tertiary/aromatic N) is 2. The topological polar surface area (TPSA) is 48.2 Å². The fourth-order valence-electron chi connectivity index (χ4n) is 1.62. The van der Waals surface area contributed by atoms with Crippen molar-refractivity contribution in [2.75, 3.05) is 0 Å². The van der Waals surface area contributed by atoms with Crippen LogP contribution in [0.5, 0.6) is 11.5 Å². The second-order valence-corrected chi connectivity index (χ2v) is 3.69. The van der Waals surface area contributed by atoms with Crippen LogP contribution >= 0.6 is 0 Å². The summed E-state index contributed by atoms with van der Waals surface area (Å²) >= 11 is 0. The quantitative estimate of drug-likeness (QED) is 0.700. The first kappa shape index (κ1) is 10.5. The first-order chi connectivity index (χ1) is 8.92. The Morgan fingerprint density at radius 2 is 1.72 bits per heavy atom. The molecular formula is C14H10N2O2. The van der Waals surface area contributed by atoms with Crippen LogP contribution in [0.4, 0.5) is 0 Å².